The van der Waals surface area contributed by atoms with Gasteiger partial charge in [0.1, 0.15) is 0 Å². The van der Waals surface area contributed by atoms with Gasteiger partial charge in [0.05, 0.1) is 11.8 Å². The van der Waals surface area contributed by atoms with E-state index in [-0.39, 0.29) is 29.2 Å². The number of nitrogens with one attached hydrogen (secondary N) is 2. The van der Waals surface area contributed by atoms with Gasteiger partial charge in [-0.2, -0.15) is 0 Å². The zero-order valence-corrected chi connectivity index (χ0v) is 15.5. The van der Waals surface area contributed by atoms with Crippen LogP contribution in [-0.4, -0.2) is 30.4 Å². The third kappa shape index (κ3) is 4.74. The molecule has 0 spiro atoms. The Morgan fingerprint density at radius 1 is 0.960 bits per heavy atom. The number of carbonyl (C=O) groups is 2. The fourth-order valence-electron chi connectivity index (χ4n) is 3.38. The first kappa shape index (κ1) is 17.8. The molecule has 5 nitrogen and oxygen atoms in total. The molecule has 1 aliphatic heterocycles. The number of hydrogen-bond donors (Lipinski definition) is 2. The Kier molecular flexibility index (Phi) is 5.02. The van der Waals surface area contributed by atoms with E-state index in [1.54, 1.807) is 0 Å². The predicted molar refractivity (Wildman–Crippen MR) is 101 cm³/mol. The van der Waals surface area contributed by atoms with Crippen LogP contribution in [0, 0.1) is 11.8 Å². The Hall–Kier alpha value is -2.04. The molecule has 5 heteroatoms. The van der Waals surface area contributed by atoms with E-state index in [9.17, 15) is 9.59 Å². The van der Waals surface area contributed by atoms with Crippen molar-refractivity contribution in [2.75, 3.05) is 23.3 Å². The van der Waals surface area contributed by atoms with Crippen LogP contribution in [0.25, 0.3) is 0 Å². The number of nitrogens with zero attached hydrogens (tertiary/aromatic N) is 1. The second-order valence-electron chi connectivity index (χ2n) is 8.27. The molecule has 1 aromatic carbocycles. The summed E-state index contributed by atoms with van der Waals surface area (Å²) in [6.07, 6.45) is 4.45. The molecule has 136 valence electrons. The third-order valence-electron chi connectivity index (χ3n) is 4.82. The van der Waals surface area contributed by atoms with Crippen LogP contribution >= 0.6 is 0 Å². The van der Waals surface area contributed by atoms with E-state index < -0.39 is 0 Å². The number of carbonyl (C=O) groups excluding carboxylic acids is 2. The van der Waals surface area contributed by atoms with Crippen molar-refractivity contribution < 1.29 is 9.59 Å². The van der Waals surface area contributed by atoms with Gasteiger partial charge in [-0.25, -0.2) is 0 Å². The lowest BCUT2D eigenvalue weighted by Crippen LogP contribution is -2.42. The summed E-state index contributed by atoms with van der Waals surface area (Å²) in [5.74, 6) is -0.469. The maximum atomic E-state index is 12.3. The van der Waals surface area contributed by atoms with Gasteiger partial charge in [0.2, 0.25) is 11.8 Å². The maximum Gasteiger partial charge on any atom is 0.228 e. The molecule has 1 saturated carbocycles. The van der Waals surface area contributed by atoms with Crippen molar-refractivity contribution in [2.45, 2.75) is 52.0 Å². The first-order chi connectivity index (χ1) is 11.8. The van der Waals surface area contributed by atoms with Crippen molar-refractivity contribution in [3.63, 3.8) is 0 Å². The first-order valence-corrected chi connectivity index (χ1v) is 9.31. The number of benzene rings is 1. The molecule has 1 aromatic rings. The number of hydrogen-bond acceptors (Lipinski definition) is 3. The zero-order chi connectivity index (χ0) is 18.0. The van der Waals surface area contributed by atoms with Crippen molar-refractivity contribution in [1.82, 2.24) is 5.32 Å². The molecule has 1 saturated heterocycles. The second-order valence-corrected chi connectivity index (χ2v) is 8.27. The van der Waals surface area contributed by atoms with Crippen LogP contribution in [0.15, 0.2) is 24.3 Å². The van der Waals surface area contributed by atoms with Crippen molar-refractivity contribution in [1.29, 1.82) is 0 Å². The molecule has 2 fully saturated rings. The minimum Gasteiger partial charge on any atom is -0.372 e. The summed E-state index contributed by atoms with van der Waals surface area (Å²) in [6, 6.07) is 8.04. The highest BCUT2D eigenvalue weighted by atomic mass is 16.2. The van der Waals surface area contributed by atoms with Crippen LogP contribution < -0.4 is 15.5 Å². The minimum absolute atomic E-state index is 0.0203. The van der Waals surface area contributed by atoms with E-state index in [1.807, 2.05) is 32.9 Å². The normalized spacial score (nSPS) is 23.1. The third-order valence-corrected chi connectivity index (χ3v) is 4.82. The Morgan fingerprint density at radius 3 is 2.16 bits per heavy atom. The van der Waals surface area contributed by atoms with Gasteiger partial charge in [-0.1, -0.05) is 0 Å². The summed E-state index contributed by atoms with van der Waals surface area (Å²) in [6.45, 7) is 8.07. The molecule has 2 atom stereocenters. The zero-order valence-electron chi connectivity index (χ0n) is 15.5. The molecular formula is C20H29N3O2. The van der Waals surface area contributed by atoms with E-state index in [2.05, 4.69) is 27.7 Å². The monoisotopic (exact) mass is 343 g/mol. The molecule has 2 aliphatic rings. The van der Waals surface area contributed by atoms with Gasteiger partial charge in [-0.15, -0.1) is 0 Å². The summed E-state index contributed by atoms with van der Waals surface area (Å²) in [5.41, 5.74) is 1.75. The van der Waals surface area contributed by atoms with Gasteiger partial charge in [-0.3, -0.25) is 9.59 Å². The molecule has 2 unspecified atom stereocenters. The topological polar surface area (TPSA) is 61.4 Å². The van der Waals surface area contributed by atoms with Gasteiger partial charge in [0.25, 0.3) is 0 Å². The minimum atomic E-state index is -0.259. The van der Waals surface area contributed by atoms with E-state index in [0.29, 0.717) is 6.42 Å². The average Bonchev–Trinajstić information content (AvgIpc) is 3.36. The molecule has 1 heterocycles. The van der Waals surface area contributed by atoms with Crippen LogP contribution in [0.1, 0.15) is 46.5 Å². The SMILES string of the molecule is CC(C)(C)NC(=O)C1CC1C(=O)Nc1ccc(N2CCCCC2)cc1. The van der Waals surface area contributed by atoms with E-state index >= 15 is 0 Å². The van der Waals surface area contributed by atoms with E-state index in [4.69, 9.17) is 0 Å². The summed E-state index contributed by atoms with van der Waals surface area (Å²) in [4.78, 5) is 26.8. The highest BCUT2D eigenvalue weighted by molar-refractivity contribution is 5.99. The van der Waals surface area contributed by atoms with Crippen molar-refractivity contribution >= 4 is 23.2 Å². The van der Waals surface area contributed by atoms with Gasteiger partial charge in [-0.05, 0) is 70.7 Å². The summed E-state index contributed by atoms with van der Waals surface area (Å²) in [5, 5.41) is 5.89. The predicted octanol–water partition coefficient (Wildman–Crippen LogP) is 3.17. The van der Waals surface area contributed by atoms with Crippen molar-refractivity contribution in [3.8, 4) is 0 Å². The van der Waals surface area contributed by atoms with Gasteiger partial charge in [0.15, 0.2) is 0 Å². The highest BCUT2D eigenvalue weighted by Gasteiger charge is 2.48. The second kappa shape index (κ2) is 7.06. The fourth-order valence-corrected chi connectivity index (χ4v) is 3.38. The van der Waals surface area contributed by atoms with Crippen LogP contribution in [-0.2, 0) is 9.59 Å². The largest absolute Gasteiger partial charge is 0.372 e. The lowest BCUT2D eigenvalue weighted by Gasteiger charge is -2.28. The molecular weight excluding hydrogens is 314 g/mol. The van der Waals surface area contributed by atoms with Crippen LogP contribution in [0.3, 0.4) is 0 Å². The first-order valence-electron chi connectivity index (χ1n) is 9.31. The number of anilines is 2. The summed E-state index contributed by atoms with van der Waals surface area (Å²) < 4.78 is 0. The lowest BCUT2D eigenvalue weighted by atomic mass is 10.1. The summed E-state index contributed by atoms with van der Waals surface area (Å²) >= 11 is 0. The Bertz CT molecular complexity index is 627. The van der Waals surface area contributed by atoms with Crippen LogP contribution in [0.5, 0.6) is 0 Å². The number of rotatable bonds is 4. The van der Waals surface area contributed by atoms with Crippen molar-refractivity contribution in [2.24, 2.45) is 11.8 Å². The highest BCUT2D eigenvalue weighted by Crippen LogP contribution is 2.40. The summed E-state index contributed by atoms with van der Waals surface area (Å²) in [7, 11) is 0. The lowest BCUT2D eigenvalue weighted by molar-refractivity contribution is -0.126. The Labute approximate surface area is 150 Å². The van der Waals surface area contributed by atoms with Gasteiger partial charge >= 0.3 is 0 Å². The number of amides is 2. The Morgan fingerprint density at radius 2 is 1.56 bits per heavy atom. The molecule has 25 heavy (non-hydrogen) atoms. The Balaban J connectivity index is 1.51. The smallest absolute Gasteiger partial charge is 0.228 e. The molecule has 0 radical (unpaired) electrons. The van der Waals surface area contributed by atoms with Gasteiger partial charge in [0, 0.05) is 30.0 Å². The molecule has 2 N–H and O–H groups in total. The molecule has 3 rings (SSSR count). The molecule has 0 bridgehead atoms. The van der Waals surface area contributed by atoms with E-state index in [1.165, 1.54) is 24.9 Å². The van der Waals surface area contributed by atoms with E-state index in [0.717, 1.165) is 18.8 Å². The van der Waals surface area contributed by atoms with Crippen LogP contribution in [0.2, 0.25) is 0 Å². The standard InChI is InChI=1S/C20H29N3O2/c1-20(2,3)22-19(25)17-13-16(17)18(24)21-14-7-9-15(10-8-14)23-11-5-4-6-12-23/h7-10,16-17H,4-6,11-13H2,1-3H3,(H,21,24)(H,22,25). The van der Waals surface area contributed by atoms with Gasteiger partial charge < -0.3 is 15.5 Å². The molecule has 1 aliphatic carbocycles. The fraction of sp³-hybridized carbons (Fsp3) is 0.600. The average molecular weight is 343 g/mol. The quantitative estimate of drug-likeness (QED) is 0.883. The van der Waals surface area contributed by atoms with Crippen LogP contribution in [0.4, 0.5) is 11.4 Å². The maximum absolute atomic E-state index is 12.3. The molecule has 2 amide bonds. The number of piperidine rings is 1. The molecule has 0 aromatic heterocycles. The van der Waals surface area contributed by atoms with Crippen molar-refractivity contribution in [3.05, 3.63) is 24.3 Å².